The maximum atomic E-state index is 12.9. The highest BCUT2D eigenvalue weighted by Crippen LogP contribution is 2.32. The maximum absolute atomic E-state index is 12.9. The van der Waals surface area contributed by atoms with Crippen molar-refractivity contribution in [3.8, 4) is 0 Å². The lowest BCUT2D eigenvalue weighted by molar-refractivity contribution is -0.145. The van der Waals surface area contributed by atoms with Crippen LogP contribution in [-0.2, 0) is 16.0 Å². The Kier molecular flexibility index (Phi) is 3.34. The van der Waals surface area contributed by atoms with Gasteiger partial charge in [0.15, 0.2) is 0 Å². The Balaban J connectivity index is 1.50. The molecular weight excluding hydrogens is 264 g/mol. The van der Waals surface area contributed by atoms with Crippen molar-refractivity contribution < 1.29 is 9.53 Å². The van der Waals surface area contributed by atoms with Crippen LogP contribution in [0.15, 0.2) is 24.3 Å². The summed E-state index contributed by atoms with van der Waals surface area (Å²) in [4.78, 5) is 15.0. The monoisotopic (exact) mass is 286 g/mol. The molecule has 1 amide bonds. The summed E-state index contributed by atoms with van der Waals surface area (Å²) in [6, 6.07) is 8.55. The highest BCUT2D eigenvalue weighted by atomic mass is 16.5. The molecule has 0 bridgehead atoms. The molecule has 1 saturated heterocycles. The first-order chi connectivity index (χ1) is 10.3. The molecule has 3 unspecified atom stereocenters. The van der Waals surface area contributed by atoms with Gasteiger partial charge < -0.3 is 15.0 Å². The number of carbonyl (C=O) groups excluding carboxylic acids is 1. The molecule has 4 rings (SSSR count). The van der Waals surface area contributed by atoms with Crippen molar-refractivity contribution in [1.82, 2.24) is 4.90 Å². The fourth-order valence-electron chi connectivity index (χ4n) is 4.02. The minimum absolute atomic E-state index is 0.0701. The van der Waals surface area contributed by atoms with Crippen molar-refractivity contribution in [2.24, 2.45) is 0 Å². The number of carbonyl (C=O) groups is 1. The number of benzene rings is 1. The van der Waals surface area contributed by atoms with Gasteiger partial charge >= 0.3 is 0 Å². The SMILES string of the molecule is O=C(C1CCc2ccccc2N1)N1CCOC2CCCC21. The molecule has 112 valence electrons. The van der Waals surface area contributed by atoms with Gasteiger partial charge in [0.25, 0.3) is 0 Å². The van der Waals surface area contributed by atoms with E-state index in [0.717, 1.165) is 37.9 Å². The first-order valence-corrected chi connectivity index (χ1v) is 8.09. The molecule has 1 aromatic carbocycles. The van der Waals surface area contributed by atoms with Gasteiger partial charge in [-0.2, -0.15) is 0 Å². The van der Waals surface area contributed by atoms with Crippen LogP contribution in [0, 0.1) is 0 Å². The zero-order valence-electron chi connectivity index (χ0n) is 12.3. The Morgan fingerprint density at radius 2 is 2.14 bits per heavy atom. The lowest BCUT2D eigenvalue weighted by atomic mass is 9.96. The van der Waals surface area contributed by atoms with E-state index in [2.05, 4.69) is 28.4 Å². The maximum Gasteiger partial charge on any atom is 0.245 e. The molecule has 0 spiro atoms. The van der Waals surface area contributed by atoms with Gasteiger partial charge in [0.2, 0.25) is 5.91 Å². The van der Waals surface area contributed by atoms with Crippen LogP contribution in [0.25, 0.3) is 0 Å². The van der Waals surface area contributed by atoms with E-state index in [1.54, 1.807) is 0 Å². The largest absolute Gasteiger partial charge is 0.374 e. The number of morpholine rings is 1. The summed E-state index contributed by atoms with van der Waals surface area (Å²) in [5, 5.41) is 3.44. The quantitative estimate of drug-likeness (QED) is 0.860. The molecule has 1 aliphatic carbocycles. The predicted molar refractivity (Wildman–Crippen MR) is 81.3 cm³/mol. The fourth-order valence-corrected chi connectivity index (χ4v) is 4.02. The molecule has 21 heavy (non-hydrogen) atoms. The first kappa shape index (κ1) is 13.1. The summed E-state index contributed by atoms with van der Waals surface area (Å²) in [5.41, 5.74) is 2.45. The van der Waals surface area contributed by atoms with E-state index in [1.165, 1.54) is 12.0 Å². The van der Waals surface area contributed by atoms with Gasteiger partial charge in [0, 0.05) is 12.2 Å². The summed E-state index contributed by atoms with van der Waals surface area (Å²) in [7, 11) is 0. The normalized spacial score (nSPS) is 31.2. The highest BCUT2D eigenvalue weighted by Gasteiger charge is 2.40. The molecule has 0 radical (unpaired) electrons. The number of aryl methyl sites for hydroxylation is 1. The van der Waals surface area contributed by atoms with Crippen LogP contribution in [-0.4, -0.2) is 42.1 Å². The molecular formula is C17H22N2O2. The molecule has 2 heterocycles. The molecule has 4 nitrogen and oxygen atoms in total. The zero-order chi connectivity index (χ0) is 14.2. The average molecular weight is 286 g/mol. The number of para-hydroxylation sites is 1. The van der Waals surface area contributed by atoms with Crippen LogP contribution in [0.1, 0.15) is 31.2 Å². The summed E-state index contributed by atoms with van der Waals surface area (Å²) >= 11 is 0. The van der Waals surface area contributed by atoms with Crippen LogP contribution >= 0.6 is 0 Å². The molecule has 1 N–H and O–H groups in total. The molecule has 0 aromatic heterocycles. The van der Waals surface area contributed by atoms with Gasteiger partial charge in [-0.15, -0.1) is 0 Å². The second-order valence-electron chi connectivity index (χ2n) is 6.33. The second-order valence-corrected chi connectivity index (χ2v) is 6.33. The summed E-state index contributed by atoms with van der Waals surface area (Å²) < 4.78 is 5.81. The zero-order valence-corrected chi connectivity index (χ0v) is 12.3. The molecule has 1 saturated carbocycles. The Labute approximate surface area is 125 Å². The number of fused-ring (bicyclic) bond motifs is 2. The van der Waals surface area contributed by atoms with Gasteiger partial charge in [-0.25, -0.2) is 0 Å². The van der Waals surface area contributed by atoms with E-state index in [4.69, 9.17) is 4.74 Å². The molecule has 4 heteroatoms. The topological polar surface area (TPSA) is 41.6 Å². The molecule has 3 aliphatic rings. The lowest BCUT2D eigenvalue weighted by Crippen LogP contribution is -2.55. The minimum atomic E-state index is -0.0701. The van der Waals surface area contributed by atoms with Gasteiger partial charge in [-0.05, 0) is 43.7 Å². The average Bonchev–Trinajstić information content (AvgIpc) is 3.02. The van der Waals surface area contributed by atoms with E-state index in [9.17, 15) is 4.79 Å². The Bertz CT molecular complexity index is 545. The lowest BCUT2D eigenvalue weighted by Gasteiger charge is -2.40. The standard InChI is InChI=1S/C17H22N2O2/c20-17(19-10-11-21-16-7-3-6-15(16)19)14-9-8-12-4-1-2-5-13(12)18-14/h1-2,4-5,14-16,18H,3,6-11H2. The minimum Gasteiger partial charge on any atom is -0.374 e. The number of amides is 1. The molecule has 2 aliphatic heterocycles. The van der Waals surface area contributed by atoms with Crippen molar-refractivity contribution >= 4 is 11.6 Å². The third-order valence-electron chi connectivity index (χ3n) is 5.11. The van der Waals surface area contributed by atoms with Crippen LogP contribution in [0.2, 0.25) is 0 Å². The second kappa shape index (κ2) is 5.34. The number of nitrogens with one attached hydrogen (secondary N) is 1. The Morgan fingerprint density at radius 1 is 1.24 bits per heavy atom. The molecule has 2 fully saturated rings. The molecule has 1 aromatic rings. The Morgan fingerprint density at radius 3 is 3.10 bits per heavy atom. The van der Waals surface area contributed by atoms with E-state index in [-0.39, 0.29) is 18.1 Å². The number of nitrogens with zero attached hydrogens (tertiary/aromatic N) is 1. The number of hydrogen-bond acceptors (Lipinski definition) is 3. The number of ether oxygens (including phenoxy) is 1. The van der Waals surface area contributed by atoms with Gasteiger partial charge in [0.05, 0.1) is 18.8 Å². The summed E-state index contributed by atoms with van der Waals surface area (Å²) in [6.45, 7) is 1.44. The third-order valence-corrected chi connectivity index (χ3v) is 5.11. The van der Waals surface area contributed by atoms with Crippen molar-refractivity contribution in [3.63, 3.8) is 0 Å². The van der Waals surface area contributed by atoms with Crippen molar-refractivity contribution in [3.05, 3.63) is 29.8 Å². The van der Waals surface area contributed by atoms with Crippen molar-refractivity contribution in [2.75, 3.05) is 18.5 Å². The van der Waals surface area contributed by atoms with Crippen LogP contribution in [0.4, 0.5) is 5.69 Å². The van der Waals surface area contributed by atoms with Gasteiger partial charge in [0.1, 0.15) is 6.04 Å². The van der Waals surface area contributed by atoms with Crippen LogP contribution in [0.5, 0.6) is 0 Å². The third kappa shape index (κ3) is 2.31. The van der Waals surface area contributed by atoms with Crippen LogP contribution < -0.4 is 5.32 Å². The van der Waals surface area contributed by atoms with E-state index < -0.39 is 0 Å². The number of hydrogen-bond donors (Lipinski definition) is 1. The predicted octanol–water partition coefficient (Wildman–Crippen LogP) is 2.19. The van der Waals surface area contributed by atoms with Crippen LogP contribution in [0.3, 0.4) is 0 Å². The summed E-state index contributed by atoms with van der Waals surface area (Å²) in [6.07, 6.45) is 5.54. The molecule has 3 atom stereocenters. The summed E-state index contributed by atoms with van der Waals surface area (Å²) in [5.74, 6) is 0.268. The van der Waals surface area contributed by atoms with Gasteiger partial charge in [-0.1, -0.05) is 18.2 Å². The van der Waals surface area contributed by atoms with E-state index >= 15 is 0 Å². The van der Waals surface area contributed by atoms with Gasteiger partial charge in [-0.3, -0.25) is 4.79 Å². The van der Waals surface area contributed by atoms with E-state index in [1.807, 2.05) is 6.07 Å². The number of rotatable bonds is 1. The van der Waals surface area contributed by atoms with Crippen molar-refractivity contribution in [2.45, 2.75) is 50.3 Å². The fraction of sp³-hybridized carbons (Fsp3) is 0.588. The first-order valence-electron chi connectivity index (χ1n) is 8.09. The number of anilines is 1. The highest BCUT2D eigenvalue weighted by molar-refractivity contribution is 5.86. The van der Waals surface area contributed by atoms with Crippen molar-refractivity contribution in [1.29, 1.82) is 0 Å². The van der Waals surface area contributed by atoms with E-state index in [0.29, 0.717) is 12.6 Å². The Hall–Kier alpha value is -1.55. The smallest absolute Gasteiger partial charge is 0.245 e.